The van der Waals surface area contributed by atoms with Gasteiger partial charge in [0.2, 0.25) is 0 Å². The number of rotatable bonds is 4. The normalized spacial score (nSPS) is 16.9. The van der Waals surface area contributed by atoms with Crippen LogP contribution >= 0.6 is 0 Å². The van der Waals surface area contributed by atoms with E-state index in [4.69, 9.17) is 5.11 Å². The Hall–Kier alpha value is -2.05. The van der Waals surface area contributed by atoms with Crippen LogP contribution in [0.25, 0.3) is 0 Å². The third-order valence-corrected chi connectivity index (χ3v) is 2.94. The van der Waals surface area contributed by atoms with Crippen LogP contribution < -0.4 is 10.6 Å². The van der Waals surface area contributed by atoms with Crippen LogP contribution in [0.3, 0.4) is 0 Å². The highest BCUT2D eigenvalue weighted by atomic mass is 16.4. The number of H-pyrrole nitrogens is 1. The number of urea groups is 1. The number of aliphatic carboxylic acids is 1. The molecule has 0 radical (unpaired) electrons. The molecule has 17 heavy (non-hydrogen) atoms. The van der Waals surface area contributed by atoms with E-state index in [1.54, 1.807) is 6.20 Å². The maximum Gasteiger partial charge on any atom is 0.319 e. The third kappa shape index (κ3) is 2.74. The molecule has 2 amide bonds. The number of anilines is 1. The lowest BCUT2D eigenvalue weighted by Gasteiger charge is -2.41. The van der Waals surface area contributed by atoms with E-state index in [0.717, 1.165) is 6.42 Å². The summed E-state index contributed by atoms with van der Waals surface area (Å²) >= 11 is 0. The van der Waals surface area contributed by atoms with Gasteiger partial charge in [-0.25, -0.2) is 4.79 Å². The van der Waals surface area contributed by atoms with E-state index in [-0.39, 0.29) is 6.42 Å². The molecular formula is C10H14N4O3. The van der Waals surface area contributed by atoms with E-state index in [1.807, 2.05) is 0 Å². The number of carboxylic acid groups (broad SMARTS) is 1. The molecule has 0 atom stereocenters. The zero-order valence-electron chi connectivity index (χ0n) is 9.19. The average Bonchev–Trinajstić information content (AvgIpc) is 2.66. The second-order valence-corrected chi connectivity index (χ2v) is 4.27. The van der Waals surface area contributed by atoms with Gasteiger partial charge in [-0.3, -0.25) is 9.89 Å². The standard InChI is InChI=1S/C10H14N4O3/c15-8(16)4-10(2-1-3-10)14-9(17)13-7-5-11-12-6-7/h5-6H,1-4H2,(H,11,12)(H,15,16)(H2,13,14,17). The maximum atomic E-state index is 11.6. The van der Waals surface area contributed by atoms with Crippen LogP contribution in [0.1, 0.15) is 25.7 Å². The fraction of sp³-hybridized carbons (Fsp3) is 0.500. The molecule has 1 heterocycles. The number of nitrogens with one attached hydrogen (secondary N) is 3. The van der Waals surface area contributed by atoms with Gasteiger partial charge in [-0.05, 0) is 19.3 Å². The average molecular weight is 238 g/mol. The molecule has 0 bridgehead atoms. The first-order valence-corrected chi connectivity index (χ1v) is 5.39. The summed E-state index contributed by atoms with van der Waals surface area (Å²) in [6, 6.07) is -0.396. The molecule has 7 heteroatoms. The number of carboxylic acids is 1. The largest absolute Gasteiger partial charge is 0.481 e. The molecule has 0 spiro atoms. The molecule has 1 aromatic heterocycles. The van der Waals surface area contributed by atoms with Crippen LogP contribution in [-0.2, 0) is 4.79 Å². The third-order valence-electron chi connectivity index (χ3n) is 2.94. The molecule has 1 aromatic rings. The smallest absolute Gasteiger partial charge is 0.319 e. The number of carbonyl (C=O) groups excluding carboxylic acids is 1. The Labute approximate surface area is 97.6 Å². The topological polar surface area (TPSA) is 107 Å². The lowest BCUT2D eigenvalue weighted by atomic mass is 9.74. The van der Waals surface area contributed by atoms with Gasteiger partial charge in [0, 0.05) is 6.20 Å². The van der Waals surface area contributed by atoms with Crippen molar-refractivity contribution in [3.8, 4) is 0 Å². The molecule has 0 aliphatic heterocycles. The van der Waals surface area contributed by atoms with Crippen LogP contribution in [0.15, 0.2) is 12.4 Å². The lowest BCUT2D eigenvalue weighted by Crippen LogP contribution is -2.55. The first kappa shape index (κ1) is 11.4. The number of aromatic nitrogens is 2. The highest BCUT2D eigenvalue weighted by Crippen LogP contribution is 2.34. The van der Waals surface area contributed by atoms with Gasteiger partial charge in [-0.2, -0.15) is 5.10 Å². The summed E-state index contributed by atoms with van der Waals surface area (Å²) in [6.45, 7) is 0. The van der Waals surface area contributed by atoms with Gasteiger partial charge in [0.05, 0.1) is 23.8 Å². The van der Waals surface area contributed by atoms with Crippen molar-refractivity contribution in [1.29, 1.82) is 0 Å². The van der Waals surface area contributed by atoms with Crippen molar-refractivity contribution in [2.75, 3.05) is 5.32 Å². The van der Waals surface area contributed by atoms with Crippen molar-refractivity contribution in [1.82, 2.24) is 15.5 Å². The summed E-state index contributed by atoms with van der Waals surface area (Å²) in [6.07, 6.45) is 5.34. The van der Waals surface area contributed by atoms with Gasteiger partial charge < -0.3 is 15.7 Å². The van der Waals surface area contributed by atoms with Crippen molar-refractivity contribution in [3.63, 3.8) is 0 Å². The molecule has 0 saturated heterocycles. The van der Waals surface area contributed by atoms with Gasteiger partial charge in [-0.15, -0.1) is 0 Å². The molecule has 0 unspecified atom stereocenters. The zero-order chi connectivity index (χ0) is 12.3. The number of amides is 2. The van der Waals surface area contributed by atoms with Gasteiger partial charge in [0.25, 0.3) is 0 Å². The van der Waals surface area contributed by atoms with Crippen molar-refractivity contribution in [2.45, 2.75) is 31.2 Å². The predicted octanol–water partition coefficient (Wildman–Crippen LogP) is 0.929. The van der Waals surface area contributed by atoms with E-state index in [9.17, 15) is 9.59 Å². The van der Waals surface area contributed by atoms with Crippen LogP contribution in [0.2, 0.25) is 0 Å². The highest BCUT2D eigenvalue weighted by Gasteiger charge is 2.40. The summed E-state index contributed by atoms with van der Waals surface area (Å²) in [5.74, 6) is -0.895. The van der Waals surface area contributed by atoms with Gasteiger partial charge in [0.15, 0.2) is 0 Å². The number of nitrogens with zero attached hydrogens (tertiary/aromatic N) is 1. The molecule has 4 N–H and O–H groups in total. The summed E-state index contributed by atoms with van der Waals surface area (Å²) in [7, 11) is 0. The van der Waals surface area contributed by atoms with Crippen molar-refractivity contribution < 1.29 is 14.7 Å². The fourth-order valence-corrected chi connectivity index (χ4v) is 1.96. The van der Waals surface area contributed by atoms with E-state index in [0.29, 0.717) is 18.5 Å². The number of hydrogen-bond acceptors (Lipinski definition) is 3. The minimum atomic E-state index is -0.895. The van der Waals surface area contributed by atoms with E-state index >= 15 is 0 Å². The highest BCUT2D eigenvalue weighted by molar-refractivity contribution is 5.90. The number of aromatic amines is 1. The Morgan fingerprint density at radius 2 is 2.29 bits per heavy atom. The van der Waals surface area contributed by atoms with Crippen molar-refractivity contribution in [2.24, 2.45) is 0 Å². The molecule has 2 rings (SSSR count). The second-order valence-electron chi connectivity index (χ2n) is 4.27. The van der Waals surface area contributed by atoms with E-state index in [1.165, 1.54) is 6.20 Å². The van der Waals surface area contributed by atoms with Gasteiger partial charge in [-0.1, -0.05) is 0 Å². The Balaban J connectivity index is 1.90. The molecular weight excluding hydrogens is 224 g/mol. The Morgan fingerprint density at radius 1 is 1.53 bits per heavy atom. The van der Waals surface area contributed by atoms with Crippen LogP contribution in [0, 0.1) is 0 Å². The molecule has 0 aromatic carbocycles. The summed E-state index contributed by atoms with van der Waals surface area (Å²) in [5.41, 5.74) is -0.0353. The van der Waals surface area contributed by atoms with E-state index < -0.39 is 17.5 Å². The molecule has 1 aliphatic carbocycles. The van der Waals surface area contributed by atoms with Gasteiger partial charge >= 0.3 is 12.0 Å². The quantitative estimate of drug-likeness (QED) is 0.625. The Bertz CT molecular complexity index is 411. The first-order valence-electron chi connectivity index (χ1n) is 5.39. The molecule has 1 aliphatic rings. The van der Waals surface area contributed by atoms with Crippen molar-refractivity contribution in [3.05, 3.63) is 12.4 Å². The van der Waals surface area contributed by atoms with Crippen LogP contribution in [0.4, 0.5) is 10.5 Å². The van der Waals surface area contributed by atoms with Crippen molar-refractivity contribution >= 4 is 17.7 Å². The second kappa shape index (κ2) is 4.44. The summed E-state index contributed by atoms with van der Waals surface area (Å²) in [4.78, 5) is 22.4. The van der Waals surface area contributed by atoms with Gasteiger partial charge in [0.1, 0.15) is 0 Å². The summed E-state index contributed by atoms with van der Waals surface area (Å²) < 4.78 is 0. The number of hydrogen-bond donors (Lipinski definition) is 4. The fourth-order valence-electron chi connectivity index (χ4n) is 1.96. The Morgan fingerprint density at radius 3 is 2.76 bits per heavy atom. The Kier molecular flexibility index (Phi) is 2.99. The predicted molar refractivity (Wildman–Crippen MR) is 59.6 cm³/mol. The maximum absolute atomic E-state index is 11.6. The van der Waals surface area contributed by atoms with E-state index in [2.05, 4.69) is 20.8 Å². The monoisotopic (exact) mass is 238 g/mol. The minimum Gasteiger partial charge on any atom is -0.481 e. The first-order chi connectivity index (χ1) is 8.10. The molecule has 1 fully saturated rings. The number of carbonyl (C=O) groups is 2. The molecule has 7 nitrogen and oxygen atoms in total. The van der Waals surface area contributed by atoms with Crippen LogP contribution in [0.5, 0.6) is 0 Å². The molecule has 1 saturated carbocycles. The van der Waals surface area contributed by atoms with Crippen LogP contribution in [-0.4, -0.2) is 32.8 Å². The minimum absolute atomic E-state index is 0.0359. The summed E-state index contributed by atoms with van der Waals surface area (Å²) in [5, 5.41) is 20.4. The molecule has 92 valence electrons. The SMILES string of the molecule is O=C(O)CC1(NC(=O)Nc2cn[nH]c2)CCC1. The zero-order valence-corrected chi connectivity index (χ0v) is 9.19. The lowest BCUT2D eigenvalue weighted by molar-refractivity contribution is -0.139.